The van der Waals surface area contributed by atoms with Gasteiger partial charge in [0.25, 0.3) is 0 Å². The largest absolute Gasteiger partial charge is 0.820 e. The quantitative estimate of drug-likeness (QED) is 0.107. The predicted molar refractivity (Wildman–Crippen MR) is 231 cm³/mol. The lowest BCUT2D eigenvalue weighted by Crippen LogP contribution is -2.41. The first-order valence-electron chi connectivity index (χ1n) is 21.8. The summed E-state index contributed by atoms with van der Waals surface area (Å²) in [5, 5.41) is 5.17. The van der Waals surface area contributed by atoms with Gasteiger partial charge in [0.05, 0.1) is 0 Å². The Morgan fingerprint density at radius 2 is 1.00 bits per heavy atom. The van der Waals surface area contributed by atoms with Crippen molar-refractivity contribution in [1.82, 2.24) is 0 Å². The van der Waals surface area contributed by atoms with Crippen molar-refractivity contribution in [2.24, 2.45) is 0 Å². The molecule has 1 fully saturated rings. The van der Waals surface area contributed by atoms with Crippen LogP contribution in [0.25, 0.3) is 21.5 Å². The molecular weight excluding hydrogens is 680 g/mol. The summed E-state index contributed by atoms with van der Waals surface area (Å²) in [4.78, 5) is 26.5. The van der Waals surface area contributed by atoms with Crippen LogP contribution in [0, 0.1) is 0 Å². The molecular formula is C50H71O3P-2. The van der Waals surface area contributed by atoms with Crippen LogP contribution < -0.4 is 9.79 Å². The zero-order chi connectivity index (χ0) is 39.5. The summed E-state index contributed by atoms with van der Waals surface area (Å²) >= 11 is 0. The summed E-state index contributed by atoms with van der Waals surface area (Å²) in [6.45, 7) is 27.7. The fraction of sp³-hybridized carbons (Fsp3) is 0.600. The Kier molecular flexibility index (Phi) is 14.5. The highest BCUT2D eigenvalue weighted by Gasteiger charge is 2.47. The Morgan fingerprint density at radius 3 is 1.48 bits per heavy atom. The number of hydrogen-bond acceptors (Lipinski definition) is 3. The molecule has 4 aromatic rings. The van der Waals surface area contributed by atoms with Crippen LogP contribution in [0.2, 0.25) is 0 Å². The van der Waals surface area contributed by atoms with Gasteiger partial charge in [0.15, 0.2) is 0 Å². The zero-order valence-corrected chi connectivity index (χ0v) is 36.8. The van der Waals surface area contributed by atoms with Gasteiger partial charge in [-0.15, -0.1) is 0 Å². The van der Waals surface area contributed by atoms with Crippen molar-refractivity contribution in [3.63, 3.8) is 0 Å². The first-order chi connectivity index (χ1) is 25.8. The van der Waals surface area contributed by atoms with Crippen molar-refractivity contribution < 1.29 is 14.3 Å². The Balaban J connectivity index is 1.91. The van der Waals surface area contributed by atoms with Gasteiger partial charge < -0.3 is 14.3 Å². The van der Waals surface area contributed by atoms with E-state index in [4.69, 9.17) is 4.52 Å². The molecule has 8 atom stereocenters. The Labute approximate surface area is 330 Å². The molecule has 0 aromatic heterocycles. The van der Waals surface area contributed by atoms with Crippen LogP contribution in [0.4, 0.5) is 0 Å². The minimum atomic E-state index is -3.13. The first kappa shape index (κ1) is 42.8. The van der Waals surface area contributed by atoms with Crippen molar-refractivity contribution in [1.29, 1.82) is 0 Å². The molecule has 3 nitrogen and oxygen atoms in total. The molecule has 1 saturated carbocycles. The van der Waals surface area contributed by atoms with Crippen molar-refractivity contribution >= 4 is 30.1 Å². The molecule has 0 N–H and O–H groups in total. The summed E-state index contributed by atoms with van der Waals surface area (Å²) in [5.41, 5.74) is 9.60. The molecule has 5 rings (SSSR count). The maximum atomic E-state index is 13.2. The van der Waals surface area contributed by atoms with Crippen molar-refractivity contribution in [3.8, 4) is 0 Å². The van der Waals surface area contributed by atoms with Gasteiger partial charge >= 0.3 is 0 Å². The standard InChI is InChI=1S/C50H71O3P/c1-13-31(7)37-23-39-27-43(35(11)17-5)47(29-45(39)41(25-37)33(9)15-3)48-21-19-20-22-50(48,53-54(51)52)49-30-46-40(28-44(49)36(12)18-6)24-38(32(8)14-2)26-42(46)34(10)16-4/h23-36,48H,13-22H2,1-12H3/q-2. The van der Waals surface area contributed by atoms with Crippen LogP contribution in [-0.2, 0) is 10.1 Å². The van der Waals surface area contributed by atoms with Gasteiger partial charge in [0.2, 0.25) is 0 Å². The highest BCUT2D eigenvalue weighted by molar-refractivity contribution is 7.36. The zero-order valence-electron chi connectivity index (χ0n) is 35.9. The molecule has 4 heteroatoms. The summed E-state index contributed by atoms with van der Waals surface area (Å²) in [6.07, 6.45) is 9.88. The second kappa shape index (κ2) is 18.3. The van der Waals surface area contributed by atoms with Crippen molar-refractivity contribution in [2.75, 3.05) is 0 Å². The van der Waals surface area contributed by atoms with Gasteiger partial charge in [0, 0.05) is 5.92 Å². The smallest absolute Gasteiger partial charge is 0.101 e. The van der Waals surface area contributed by atoms with E-state index in [1.165, 1.54) is 60.5 Å². The monoisotopic (exact) mass is 751 g/mol. The normalized spacial score (nSPS) is 21.4. The third-order valence-corrected chi connectivity index (χ3v) is 14.7. The van der Waals surface area contributed by atoms with Gasteiger partial charge in [-0.2, -0.15) is 8.60 Å². The third kappa shape index (κ3) is 8.37. The minimum absolute atomic E-state index is 0.0988. The van der Waals surface area contributed by atoms with E-state index in [1.54, 1.807) is 0 Å². The van der Waals surface area contributed by atoms with Crippen LogP contribution in [0.15, 0.2) is 48.5 Å². The average Bonchev–Trinajstić information content (AvgIpc) is 3.19. The minimum Gasteiger partial charge on any atom is -0.820 e. The molecule has 0 spiro atoms. The van der Waals surface area contributed by atoms with Crippen molar-refractivity contribution in [3.05, 3.63) is 93.0 Å². The topological polar surface area (TPSA) is 55.3 Å². The van der Waals surface area contributed by atoms with Gasteiger partial charge in [0.1, 0.15) is 5.60 Å². The number of fused-ring (bicyclic) bond motifs is 2. The van der Waals surface area contributed by atoms with Crippen LogP contribution in [0.5, 0.6) is 0 Å². The molecule has 1 aliphatic carbocycles. The predicted octanol–water partition coefficient (Wildman–Crippen LogP) is 14.6. The molecule has 4 aromatic carbocycles. The lowest BCUT2D eigenvalue weighted by Gasteiger charge is -2.52. The molecule has 1 aliphatic rings. The average molecular weight is 751 g/mol. The number of rotatable bonds is 16. The van der Waals surface area contributed by atoms with E-state index < -0.39 is 14.2 Å². The Morgan fingerprint density at radius 1 is 0.556 bits per heavy atom. The van der Waals surface area contributed by atoms with E-state index in [2.05, 4.69) is 132 Å². The number of hydrogen-bond donors (Lipinski definition) is 0. The SMILES string of the molecule is CCC(C)c1cc(C(C)CC)c2cc(C3CCCCC3(OP([O-])[O-])c3cc4c(C(C)CC)cc(C(C)CC)cc4cc3C(C)CC)c(C(C)CC)cc2c1. The number of benzene rings is 4. The molecule has 0 amide bonds. The van der Waals surface area contributed by atoms with Crippen molar-refractivity contribution in [2.45, 2.75) is 194 Å². The van der Waals surface area contributed by atoms with Crippen LogP contribution in [0.3, 0.4) is 0 Å². The summed E-state index contributed by atoms with van der Waals surface area (Å²) < 4.78 is 6.62. The second-order valence-electron chi connectivity index (χ2n) is 17.4. The van der Waals surface area contributed by atoms with Crippen LogP contribution in [-0.4, -0.2) is 0 Å². The lowest BCUT2D eigenvalue weighted by molar-refractivity contribution is -0.329. The van der Waals surface area contributed by atoms with Crippen LogP contribution in [0.1, 0.15) is 233 Å². The maximum Gasteiger partial charge on any atom is 0.101 e. The first-order valence-corrected chi connectivity index (χ1v) is 22.9. The summed E-state index contributed by atoms with van der Waals surface area (Å²) in [7, 11) is -3.13. The highest BCUT2D eigenvalue weighted by Crippen LogP contribution is 2.57. The van der Waals surface area contributed by atoms with E-state index in [0.29, 0.717) is 36.0 Å². The van der Waals surface area contributed by atoms with Gasteiger partial charge in [-0.05, 0) is 159 Å². The maximum absolute atomic E-state index is 13.2. The molecule has 0 aliphatic heterocycles. The molecule has 0 bridgehead atoms. The van der Waals surface area contributed by atoms with E-state index in [9.17, 15) is 9.79 Å². The van der Waals surface area contributed by atoms with Gasteiger partial charge in [-0.25, -0.2) is 0 Å². The molecule has 296 valence electrons. The molecule has 8 unspecified atom stereocenters. The lowest BCUT2D eigenvalue weighted by atomic mass is 9.64. The fourth-order valence-corrected chi connectivity index (χ4v) is 9.97. The Hall–Kier alpha value is -2.29. The van der Waals surface area contributed by atoms with Gasteiger partial charge in [-0.3, -0.25) is 0 Å². The second-order valence-corrected chi connectivity index (χ2v) is 18.1. The molecule has 0 saturated heterocycles. The van der Waals surface area contributed by atoms with E-state index in [1.807, 2.05) is 0 Å². The highest BCUT2D eigenvalue weighted by atomic mass is 31.2. The van der Waals surface area contributed by atoms with Crippen LogP contribution >= 0.6 is 8.60 Å². The fourth-order valence-electron chi connectivity index (χ4n) is 9.38. The molecule has 0 radical (unpaired) electrons. The van der Waals surface area contributed by atoms with E-state index in [-0.39, 0.29) is 11.8 Å². The Bertz CT molecular complexity index is 1880. The molecule has 54 heavy (non-hydrogen) atoms. The molecule has 0 heterocycles. The summed E-state index contributed by atoms with van der Waals surface area (Å²) in [5.74, 6) is 2.23. The summed E-state index contributed by atoms with van der Waals surface area (Å²) in [6, 6.07) is 19.6. The van der Waals surface area contributed by atoms with Gasteiger partial charge in [-0.1, -0.05) is 138 Å². The van der Waals surface area contributed by atoms with E-state index in [0.717, 1.165) is 63.4 Å². The van der Waals surface area contributed by atoms with E-state index >= 15 is 0 Å². The third-order valence-electron chi connectivity index (χ3n) is 14.2.